The van der Waals surface area contributed by atoms with Crippen LogP contribution in [0, 0.1) is 0 Å². The second-order valence-electron chi connectivity index (χ2n) is 8.03. The van der Waals surface area contributed by atoms with E-state index in [0.717, 1.165) is 42.3 Å². The van der Waals surface area contributed by atoms with Crippen molar-refractivity contribution in [2.24, 2.45) is 11.5 Å². The van der Waals surface area contributed by atoms with E-state index in [-0.39, 0.29) is 23.6 Å². The number of aromatic nitrogens is 6. The van der Waals surface area contributed by atoms with Crippen LogP contribution in [0.4, 0.5) is 17.5 Å². The average Bonchev–Trinajstić information content (AvgIpc) is 3.26. The number of carbonyl (C=O) groups is 1. The van der Waals surface area contributed by atoms with Crippen molar-refractivity contribution in [2.75, 3.05) is 10.6 Å². The van der Waals surface area contributed by atoms with Crippen molar-refractivity contribution in [1.29, 1.82) is 0 Å². The summed E-state index contributed by atoms with van der Waals surface area (Å²) in [5, 5.41) is 19.8. The molecule has 1 amide bonds. The molecule has 11 heteroatoms. The quantitative estimate of drug-likeness (QED) is 0.349. The molecule has 1 aliphatic rings. The standard InChI is InChI=1S/C22H24N10O/c23-15-6-1-2-7-17(15)28-22-29-21(19(20(24)33)30-31-22)27-16-8-3-9-18-14(16)12-26-32(18)13-5-4-10-25-11-13/h3-5,8-12,15,17H,1-2,6-7,23H2,(H2,24,33)(H2,27,28,29,31)/t15-,17+/m0/s1. The van der Waals surface area contributed by atoms with Crippen LogP contribution in [0.3, 0.4) is 0 Å². The molecule has 33 heavy (non-hydrogen) atoms. The molecular formula is C22H24N10O. The van der Waals surface area contributed by atoms with Gasteiger partial charge in [0.25, 0.3) is 5.91 Å². The SMILES string of the molecule is NC(=O)c1nnc(N[C@@H]2CCCC[C@@H]2N)nc1Nc1cccc2c1cnn2-c1cccnc1. The van der Waals surface area contributed by atoms with Gasteiger partial charge in [-0.3, -0.25) is 9.78 Å². The number of nitrogens with one attached hydrogen (secondary N) is 2. The number of rotatable bonds is 6. The van der Waals surface area contributed by atoms with Crippen molar-refractivity contribution in [2.45, 2.75) is 37.8 Å². The molecule has 1 saturated carbocycles. The summed E-state index contributed by atoms with van der Waals surface area (Å²) in [6.45, 7) is 0. The number of anilines is 3. The second-order valence-corrected chi connectivity index (χ2v) is 8.03. The van der Waals surface area contributed by atoms with E-state index in [0.29, 0.717) is 11.6 Å². The van der Waals surface area contributed by atoms with Gasteiger partial charge in [-0.1, -0.05) is 18.9 Å². The van der Waals surface area contributed by atoms with E-state index < -0.39 is 5.91 Å². The number of hydrogen-bond donors (Lipinski definition) is 4. The van der Waals surface area contributed by atoms with E-state index >= 15 is 0 Å². The number of fused-ring (bicyclic) bond motifs is 1. The van der Waals surface area contributed by atoms with Gasteiger partial charge in [0.05, 0.1) is 29.3 Å². The van der Waals surface area contributed by atoms with E-state index in [1.54, 1.807) is 23.3 Å². The van der Waals surface area contributed by atoms with Crippen LogP contribution in [-0.2, 0) is 0 Å². The lowest BCUT2D eigenvalue weighted by atomic mass is 9.91. The van der Waals surface area contributed by atoms with Crippen molar-refractivity contribution in [3.05, 3.63) is 54.6 Å². The number of primary amides is 1. The lowest BCUT2D eigenvalue weighted by molar-refractivity contribution is 0.0995. The third-order valence-electron chi connectivity index (χ3n) is 5.81. The molecule has 1 aromatic carbocycles. The summed E-state index contributed by atoms with van der Waals surface area (Å²) in [4.78, 5) is 20.7. The molecule has 0 radical (unpaired) electrons. The zero-order valence-corrected chi connectivity index (χ0v) is 17.8. The molecule has 0 aliphatic heterocycles. The van der Waals surface area contributed by atoms with Crippen molar-refractivity contribution >= 4 is 34.3 Å². The monoisotopic (exact) mass is 444 g/mol. The van der Waals surface area contributed by atoms with Crippen LogP contribution in [0.25, 0.3) is 16.6 Å². The van der Waals surface area contributed by atoms with E-state index in [1.807, 2.05) is 30.3 Å². The Morgan fingerprint density at radius 3 is 2.76 bits per heavy atom. The summed E-state index contributed by atoms with van der Waals surface area (Å²) < 4.78 is 1.79. The molecule has 3 heterocycles. The Morgan fingerprint density at radius 2 is 1.97 bits per heavy atom. The van der Waals surface area contributed by atoms with Crippen molar-refractivity contribution < 1.29 is 4.79 Å². The third kappa shape index (κ3) is 4.17. The van der Waals surface area contributed by atoms with Crippen LogP contribution < -0.4 is 22.1 Å². The minimum absolute atomic E-state index is 0.0154. The topological polar surface area (TPSA) is 163 Å². The van der Waals surface area contributed by atoms with E-state index in [9.17, 15) is 4.79 Å². The molecule has 0 bridgehead atoms. The first-order chi connectivity index (χ1) is 16.1. The minimum atomic E-state index is -0.725. The minimum Gasteiger partial charge on any atom is -0.364 e. The van der Waals surface area contributed by atoms with Gasteiger partial charge in [0.1, 0.15) is 0 Å². The lowest BCUT2D eigenvalue weighted by Crippen LogP contribution is -2.43. The van der Waals surface area contributed by atoms with Crippen molar-refractivity contribution in [3.63, 3.8) is 0 Å². The van der Waals surface area contributed by atoms with Crippen molar-refractivity contribution in [1.82, 2.24) is 29.9 Å². The van der Waals surface area contributed by atoms with Gasteiger partial charge in [-0.2, -0.15) is 10.1 Å². The second kappa shape index (κ2) is 8.79. The first kappa shape index (κ1) is 20.8. The number of pyridine rings is 1. The number of nitrogens with zero attached hydrogens (tertiary/aromatic N) is 6. The molecule has 11 nitrogen and oxygen atoms in total. The molecule has 0 unspecified atom stereocenters. The molecule has 1 aliphatic carbocycles. The zero-order chi connectivity index (χ0) is 22.8. The summed E-state index contributed by atoms with van der Waals surface area (Å²) in [6, 6.07) is 9.55. The number of carbonyl (C=O) groups excluding carboxylic acids is 1. The Bertz CT molecular complexity index is 1290. The third-order valence-corrected chi connectivity index (χ3v) is 5.81. The van der Waals surface area contributed by atoms with E-state index in [4.69, 9.17) is 11.5 Å². The number of hydrogen-bond acceptors (Lipinski definition) is 9. The fraction of sp³-hybridized carbons (Fsp3) is 0.273. The Morgan fingerprint density at radius 1 is 1.09 bits per heavy atom. The Labute approximate surface area is 189 Å². The Hall–Kier alpha value is -4.12. The highest BCUT2D eigenvalue weighted by atomic mass is 16.1. The number of benzene rings is 1. The Balaban J connectivity index is 1.49. The van der Waals surface area contributed by atoms with E-state index in [2.05, 4.69) is 35.9 Å². The summed E-state index contributed by atoms with van der Waals surface area (Å²) in [5.74, 6) is -0.217. The molecule has 168 valence electrons. The van der Waals surface area contributed by atoms with Gasteiger partial charge in [0, 0.05) is 23.7 Å². The number of nitrogens with two attached hydrogens (primary N) is 2. The summed E-state index contributed by atoms with van der Waals surface area (Å²) in [6.07, 6.45) is 9.26. The summed E-state index contributed by atoms with van der Waals surface area (Å²) in [7, 11) is 0. The lowest BCUT2D eigenvalue weighted by Gasteiger charge is -2.29. The summed E-state index contributed by atoms with van der Waals surface area (Å²) in [5.41, 5.74) is 14.1. The normalized spacial score (nSPS) is 18.2. The molecular weight excluding hydrogens is 420 g/mol. The highest BCUT2D eigenvalue weighted by Crippen LogP contribution is 2.28. The molecule has 2 atom stereocenters. The zero-order valence-electron chi connectivity index (χ0n) is 17.8. The van der Waals surface area contributed by atoms with Crippen LogP contribution in [0.15, 0.2) is 48.9 Å². The fourth-order valence-electron chi connectivity index (χ4n) is 4.12. The summed E-state index contributed by atoms with van der Waals surface area (Å²) >= 11 is 0. The molecule has 0 spiro atoms. The maximum atomic E-state index is 12.0. The van der Waals surface area contributed by atoms with Crippen LogP contribution in [0.5, 0.6) is 0 Å². The smallest absolute Gasteiger partial charge is 0.273 e. The predicted octanol–water partition coefficient (Wildman–Crippen LogP) is 2.13. The van der Waals surface area contributed by atoms with E-state index in [1.165, 1.54) is 0 Å². The van der Waals surface area contributed by atoms with Gasteiger partial charge in [-0.05, 0) is 37.1 Å². The molecule has 1 fully saturated rings. The highest BCUT2D eigenvalue weighted by Gasteiger charge is 2.24. The molecule has 6 N–H and O–H groups in total. The van der Waals surface area contributed by atoms with Crippen LogP contribution in [0.2, 0.25) is 0 Å². The van der Waals surface area contributed by atoms with Gasteiger partial charge in [-0.25, -0.2) is 4.68 Å². The maximum Gasteiger partial charge on any atom is 0.273 e. The van der Waals surface area contributed by atoms with Crippen LogP contribution >= 0.6 is 0 Å². The van der Waals surface area contributed by atoms with Gasteiger partial charge in [0.2, 0.25) is 5.95 Å². The highest BCUT2D eigenvalue weighted by molar-refractivity contribution is 5.99. The Kier molecular flexibility index (Phi) is 5.53. The molecule has 5 rings (SSSR count). The largest absolute Gasteiger partial charge is 0.364 e. The van der Waals surface area contributed by atoms with Gasteiger partial charge >= 0.3 is 0 Å². The first-order valence-corrected chi connectivity index (χ1v) is 10.8. The van der Waals surface area contributed by atoms with Crippen LogP contribution in [-0.4, -0.2) is 47.9 Å². The predicted molar refractivity (Wildman–Crippen MR) is 124 cm³/mol. The van der Waals surface area contributed by atoms with Gasteiger partial charge < -0.3 is 22.1 Å². The number of amides is 1. The van der Waals surface area contributed by atoms with Gasteiger partial charge in [0.15, 0.2) is 11.5 Å². The first-order valence-electron chi connectivity index (χ1n) is 10.8. The maximum absolute atomic E-state index is 12.0. The fourth-order valence-corrected chi connectivity index (χ4v) is 4.12. The molecule has 4 aromatic rings. The van der Waals surface area contributed by atoms with Crippen molar-refractivity contribution in [3.8, 4) is 5.69 Å². The average molecular weight is 445 g/mol. The van der Waals surface area contributed by atoms with Gasteiger partial charge in [-0.15, -0.1) is 10.2 Å². The molecule has 0 saturated heterocycles. The molecule has 3 aromatic heterocycles. The van der Waals surface area contributed by atoms with Crippen LogP contribution in [0.1, 0.15) is 36.2 Å².